The van der Waals surface area contributed by atoms with Crippen molar-refractivity contribution < 1.29 is 19.4 Å². The quantitative estimate of drug-likeness (QED) is 0.614. The number of carbonyl (C=O) groups excluding carboxylic acids is 1. The third-order valence-corrected chi connectivity index (χ3v) is 4.55. The van der Waals surface area contributed by atoms with E-state index in [1.54, 1.807) is 6.07 Å². The second kappa shape index (κ2) is 8.26. The van der Waals surface area contributed by atoms with Crippen molar-refractivity contribution in [3.63, 3.8) is 0 Å². The molecule has 4 N–H and O–H groups in total. The molecule has 1 fully saturated rings. The molecule has 1 aliphatic heterocycles. The second-order valence-electron chi connectivity index (χ2n) is 6.52. The molecule has 0 radical (unpaired) electrons. The number of hydrogen-bond donors (Lipinski definition) is 3. The Morgan fingerprint density at radius 2 is 2.30 bits per heavy atom. The smallest absolute Gasteiger partial charge is 0.249 e. The first kappa shape index (κ1) is 19.0. The largest absolute Gasteiger partial charge is 0.504 e. The molecule has 1 aromatic heterocycles. The summed E-state index contributed by atoms with van der Waals surface area (Å²) in [6.07, 6.45) is 2.14. The summed E-state index contributed by atoms with van der Waals surface area (Å²) in [7, 11) is 3.32. The molecule has 0 bridgehead atoms. The summed E-state index contributed by atoms with van der Waals surface area (Å²) in [6, 6.07) is 3.12. The maximum Gasteiger partial charge on any atom is 0.249 e. The number of nitrogens with two attached hydrogens (primary N) is 1. The van der Waals surface area contributed by atoms with Gasteiger partial charge in [0, 0.05) is 38.2 Å². The normalized spacial score (nSPS) is 16.4. The number of aromatic nitrogens is 2. The number of hydrogen-bond acceptors (Lipinski definition) is 8. The van der Waals surface area contributed by atoms with Crippen LogP contribution in [0.3, 0.4) is 0 Å². The summed E-state index contributed by atoms with van der Waals surface area (Å²) >= 11 is 0. The van der Waals surface area contributed by atoms with Crippen molar-refractivity contribution in [2.24, 2.45) is 0 Å². The molecule has 9 heteroatoms. The maximum atomic E-state index is 11.9. The lowest BCUT2D eigenvalue weighted by molar-refractivity contribution is -0.130. The van der Waals surface area contributed by atoms with Crippen LogP contribution in [0.2, 0.25) is 0 Å². The van der Waals surface area contributed by atoms with E-state index in [4.69, 9.17) is 15.2 Å². The van der Waals surface area contributed by atoms with E-state index in [1.165, 1.54) is 13.2 Å². The number of ether oxygens (including phenoxy) is 2. The summed E-state index contributed by atoms with van der Waals surface area (Å²) in [4.78, 5) is 22.6. The minimum absolute atomic E-state index is 0.00597. The Labute approximate surface area is 157 Å². The summed E-state index contributed by atoms with van der Waals surface area (Å²) in [5.41, 5.74) is 6.58. The predicted molar refractivity (Wildman–Crippen MR) is 102 cm³/mol. The van der Waals surface area contributed by atoms with Crippen LogP contribution in [-0.4, -0.2) is 60.9 Å². The first-order valence-corrected chi connectivity index (χ1v) is 8.94. The number of phenols is 1. The molecule has 1 aromatic carbocycles. The van der Waals surface area contributed by atoms with Gasteiger partial charge in [-0.25, -0.2) is 4.98 Å². The van der Waals surface area contributed by atoms with Crippen LogP contribution in [-0.2, 0) is 9.53 Å². The molecule has 9 nitrogen and oxygen atoms in total. The number of amides is 1. The average Bonchev–Trinajstić information content (AvgIpc) is 3.19. The first-order valence-electron chi connectivity index (χ1n) is 8.94. The van der Waals surface area contributed by atoms with E-state index in [9.17, 15) is 9.90 Å². The molecule has 146 valence electrons. The number of rotatable bonds is 7. The maximum absolute atomic E-state index is 11.9. The van der Waals surface area contributed by atoms with E-state index in [0.29, 0.717) is 48.1 Å². The van der Waals surface area contributed by atoms with Crippen molar-refractivity contribution in [1.82, 2.24) is 15.3 Å². The molecule has 0 spiro atoms. The van der Waals surface area contributed by atoms with Crippen LogP contribution in [0.4, 0.5) is 11.8 Å². The number of fused-ring (bicyclic) bond motifs is 1. The Morgan fingerprint density at radius 1 is 1.48 bits per heavy atom. The van der Waals surface area contributed by atoms with Crippen LogP contribution in [0, 0.1) is 0 Å². The Hall–Kier alpha value is -2.81. The first-order chi connectivity index (χ1) is 13.0. The van der Waals surface area contributed by atoms with E-state index in [0.717, 1.165) is 19.3 Å². The van der Waals surface area contributed by atoms with Gasteiger partial charge >= 0.3 is 0 Å². The number of phenolic OH excluding ortho intramolecular Hbond substituents is 1. The van der Waals surface area contributed by atoms with Gasteiger partial charge in [0.1, 0.15) is 11.9 Å². The van der Waals surface area contributed by atoms with E-state index in [2.05, 4.69) is 15.3 Å². The van der Waals surface area contributed by atoms with Gasteiger partial charge in [-0.05, 0) is 25.3 Å². The molecule has 1 aliphatic rings. The van der Waals surface area contributed by atoms with E-state index in [1.807, 2.05) is 11.9 Å². The topological polar surface area (TPSA) is 123 Å². The second-order valence-corrected chi connectivity index (χ2v) is 6.52. The Balaban J connectivity index is 1.60. The molecule has 1 atom stereocenters. The van der Waals surface area contributed by atoms with Gasteiger partial charge in [-0.3, -0.25) is 4.79 Å². The number of nitrogen functional groups attached to an aromatic ring is 1. The van der Waals surface area contributed by atoms with Crippen LogP contribution in [0.15, 0.2) is 12.1 Å². The van der Waals surface area contributed by atoms with Crippen LogP contribution < -0.4 is 20.7 Å². The standard InChI is InChI=1S/C18H25N5O4/c1-23(7-4-6-20-17(25)14-5-3-8-27-14)18-21-12-10-13(24)15(26-2)9-11(12)16(19)22-18/h9-10,14,24H,3-8H2,1-2H3,(H,20,25)(H2,19,21,22). The molecular weight excluding hydrogens is 350 g/mol. The third kappa shape index (κ3) is 4.30. The van der Waals surface area contributed by atoms with Crippen LogP contribution in [0.1, 0.15) is 19.3 Å². The van der Waals surface area contributed by atoms with Gasteiger partial charge in [-0.15, -0.1) is 0 Å². The molecule has 2 aromatic rings. The Bertz CT molecular complexity index is 823. The number of methoxy groups -OCH3 is 1. The van der Waals surface area contributed by atoms with Crippen molar-refractivity contribution in [1.29, 1.82) is 0 Å². The van der Waals surface area contributed by atoms with Gasteiger partial charge in [0.25, 0.3) is 0 Å². The fourth-order valence-corrected chi connectivity index (χ4v) is 3.02. The van der Waals surface area contributed by atoms with E-state index >= 15 is 0 Å². The summed E-state index contributed by atoms with van der Waals surface area (Å²) < 4.78 is 10.4. The molecule has 1 amide bonds. The summed E-state index contributed by atoms with van der Waals surface area (Å²) in [5, 5.41) is 13.5. The van der Waals surface area contributed by atoms with Gasteiger partial charge in [0.05, 0.1) is 12.6 Å². The summed E-state index contributed by atoms with van der Waals surface area (Å²) in [5.74, 6) is 1.03. The number of aromatic hydroxyl groups is 1. The lowest BCUT2D eigenvalue weighted by Crippen LogP contribution is -2.36. The van der Waals surface area contributed by atoms with Crippen molar-refractivity contribution in [2.45, 2.75) is 25.4 Å². The molecule has 27 heavy (non-hydrogen) atoms. The van der Waals surface area contributed by atoms with Crippen LogP contribution in [0.5, 0.6) is 11.5 Å². The number of nitrogens with zero attached hydrogens (tertiary/aromatic N) is 3. The van der Waals surface area contributed by atoms with E-state index in [-0.39, 0.29) is 17.8 Å². The lowest BCUT2D eigenvalue weighted by atomic mass is 10.2. The van der Waals surface area contributed by atoms with Gasteiger partial charge in [-0.2, -0.15) is 4.98 Å². The highest BCUT2D eigenvalue weighted by atomic mass is 16.5. The Kier molecular flexibility index (Phi) is 5.80. The van der Waals surface area contributed by atoms with Crippen molar-refractivity contribution in [3.05, 3.63) is 12.1 Å². The zero-order valence-electron chi connectivity index (χ0n) is 15.6. The van der Waals surface area contributed by atoms with E-state index < -0.39 is 0 Å². The highest BCUT2D eigenvalue weighted by Crippen LogP contribution is 2.33. The highest BCUT2D eigenvalue weighted by molar-refractivity contribution is 5.91. The zero-order chi connectivity index (χ0) is 19.4. The molecule has 1 unspecified atom stereocenters. The molecular formula is C18H25N5O4. The molecule has 1 saturated heterocycles. The van der Waals surface area contributed by atoms with Gasteiger partial charge in [0.15, 0.2) is 11.5 Å². The van der Waals surface area contributed by atoms with Gasteiger partial charge in [-0.1, -0.05) is 0 Å². The molecule has 3 rings (SSSR count). The highest BCUT2D eigenvalue weighted by Gasteiger charge is 2.22. The SMILES string of the molecule is COc1cc2c(N)nc(N(C)CCCNC(=O)C3CCCO3)nc2cc1O. The lowest BCUT2D eigenvalue weighted by Gasteiger charge is -2.18. The molecule has 0 aliphatic carbocycles. The summed E-state index contributed by atoms with van der Waals surface area (Å²) in [6.45, 7) is 1.84. The minimum Gasteiger partial charge on any atom is -0.504 e. The average molecular weight is 375 g/mol. The van der Waals surface area contributed by atoms with Gasteiger partial charge < -0.3 is 30.5 Å². The predicted octanol–water partition coefficient (Wildman–Crippen LogP) is 1.05. The van der Waals surface area contributed by atoms with Gasteiger partial charge in [0.2, 0.25) is 11.9 Å². The number of nitrogens with one attached hydrogen (secondary N) is 1. The zero-order valence-corrected chi connectivity index (χ0v) is 15.6. The molecule has 2 heterocycles. The van der Waals surface area contributed by atoms with Crippen molar-refractivity contribution in [3.8, 4) is 11.5 Å². The van der Waals surface area contributed by atoms with Crippen molar-refractivity contribution >= 4 is 28.6 Å². The van der Waals surface area contributed by atoms with Crippen molar-refractivity contribution in [2.75, 3.05) is 44.5 Å². The Morgan fingerprint density at radius 3 is 3.00 bits per heavy atom. The monoisotopic (exact) mass is 375 g/mol. The minimum atomic E-state index is -0.309. The number of anilines is 2. The van der Waals surface area contributed by atoms with Crippen LogP contribution in [0.25, 0.3) is 10.9 Å². The number of benzene rings is 1. The van der Waals surface area contributed by atoms with Crippen LogP contribution >= 0.6 is 0 Å². The third-order valence-electron chi connectivity index (χ3n) is 4.55. The fraction of sp³-hybridized carbons (Fsp3) is 0.500. The fourth-order valence-electron chi connectivity index (χ4n) is 3.02. The molecule has 0 saturated carbocycles. The number of carbonyl (C=O) groups is 1.